The van der Waals surface area contributed by atoms with Crippen molar-refractivity contribution in [1.82, 2.24) is 0 Å². The lowest BCUT2D eigenvalue weighted by atomic mass is 9.50. The second-order valence-corrected chi connectivity index (χ2v) is 10.9. The zero-order valence-electron chi connectivity index (χ0n) is 21.5. The van der Waals surface area contributed by atoms with E-state index in [9.17, 15) is 15.8 Å². The van der Waals surface area contributed by atoms with Crippen molar-refractivity contribution in [2.45, 2.75) is 108 Å². The molecule has 1 aromatic rings. The van der Waals surface area contributed by atoms with Gasteiger partial charge in [-0.2, -0.15) is 15.8 Å². The van der Waals surface area contributed by atoms with E-state index >= 15 is 0 Å². The number of unbranched alkanes of at least 4 members (excludes halogenated alkanes) is 8. The Morgan fingerprint density at radius 2 is 1.56 bits per heavy atom. The first-order valence-electron chi connectivity index (χ1n) is 13.8. The number of nitrogens with zero attached hydrogens (tertiary/aromatic N) is 3. The molecule has 1 saturated carbocycles. The minimum Gasteiger partial charge on any atom is -0.447 e. The normalized spacial score (nSPS) is 31.9. The zero-order valence-corrected chi connectivity index (χ0v) is 21.5. The van der Waals surface area contributed by atoms with E-state index in [0.717, 1.165) is 25.7 Å². The molecular formula is C30H38N4O2. The Kier molecular flexibility index (Phi) is 8.02. The molecule has 3 fully saturated rings. The fraction of sp³-hybridized carbons (Fsp3) is 0.667. The van der Waals surface area contributed by atoms with Crippen LogP contribution in [0.2, 0.25) is 0 Å². The van der Waals surface area contributed by atoms with Crippen LogP contribution in [-0.2, 0) is 9.47 Å². The third-order valence-electron chi connectivity index (χ3n) is 8.86. The number of rotatable bonds is 11. The average Bonchev–Trinajstić information content (AvgIpc) is 3.11. The molecule has 0 amide bonds. The zero-order chi connectivity index (χ0) is 25.7. The molecule has 6 nitrogen and oxygen atoms in total. The second kappa shape index (κ2) is 11.0. The lowest BCUT2D eigenvalue weighted by Gasteiger charge is -2.52. The Balaban J connectivity index is 1.51. The fourth-order valence-corrected chi connectivity index (χ4v) is 6.88. The van der Waals surface area contributed by atoms with Crippen LogP contribution in [0.15, 0.2) is 30.3 Å². The summed E-state index contributed by atoms with van der Waals surface area (Å²) in [7, 11) is 0. The Bertz CT molecular complexity index is 1040. The molecule has 4 rings (SSSR count). The fourth-order valence-electron chi connectivity index (χ4n) is 6.88. The van der Waals surface area contributed by atoms with Crippen LogP contribution in [0, 0.1) is 56.2 Å². The predicted octanol–water partition coefficient (Wildman–Crippen LogP) is 7.14. The predicted molar refractivity (Wildman–Crippen MR) is 136 cm³/mol. The highest BCUT2D eigenvalue weighted by Crippen LogP contribution is 2.68. The molecule has 0 spiro atoms. The Labute approximate surface area is 215 Å². The maximum Gasteiger partial charge on any atom is 0.217 e. The standard InChI is InChI=1S/C30H38N4O2/c1-2-3-4-5-6-7-8-9-13-16-26-28(20-31,21-32)29(22-33)25-19-24(23-14-11-10-12-15-23)17-18-30(25,35-26)36-27(29)34/h10-12,14-15,24-26,34H,2-9,13,16-19H2,1H3. The van der Waals surface area contributed by atoms with Gasteiger partial charge in [0.2, 0.25) is 11.7 Å². The van der Waals surface area contributed by atoms with Crippen molar-refractivity contribution in [3.63, 3.8) is 0 Å². The molecule has 1 aromatic carbocycles. The first kappa shape index (κ1) is 26.2. The third kappa shape index (κ3) is 4.19. The highest BCUT2D eigenvalue weighted by molar-refractivity contribution is 5.89. The molecule has 2 aliphatic heterocycles. The number of benzene rings is 1. The smallest absolute Gasteiger partial charge is 0.217 e. The van der Waals surface area contributed by atoms with Gasteiger partial charge in [-0.15, -0.1) is 0 Å². The molecule has 190 valence electrons. The number of hydrogen-bond acceptors (Lipinski definition) is 6. The SMILES string of the molecule is CCCCCCCCCCCC1OC23CCC(c4ccccc4)CC2C(C#N)(C(=N)O3)C1(C#N)C#N. The van der Waals surface area contributed by atoms with Gasteiger partial charge in [0, 0.05) is 6.42 Å². The largest absolute Gasteiger partial charge is 0.447 e. The summed E-state index contributed by atoms with van der Waals surface area (Å²) in [6.07, 6.45) is 12.2. The van der Waals surface area contributed by atoms with Crippen LogP contribution in [0.5, 0.6) is 0 Å². The monoisotopic (exact) mass is 486 g/mol. The van der Waals surface area contributed by atoms with Crippen LogP contribution in [0.3, 0.4) is 0 Å². The van der Waals surface area contributed by atoms with Crippen molar-refractivity contribution < 1.29 is 9.47 Å². The highest BCUT2D eigenvalue weighted by atomic mass is 16.7. The summed E-state index contributed by atoms with van der Waals surface area (Å²) >= 11 is 0. The van der Waals surface area contributed by atoms with Gasteiger partial charge < -0.3 is 9.47 Å². The van der Waals surface area contributed by atoms with Crippen LogP contribution in [0.4, 0.5) is 0 Å². The molecule has 5 atom stereocenters. The molecule has 36 heavy (non-hydrogen) atoms. The third-order valence-corrected chi connectivity index (χ3v) is 8.86. The van der Waals surface area contributed by atoms with Crippen molar-refractivity contribution in [2.75, 3.05) is 0 Å². The summed E-state index contributed by atoms with van der Waals surface area (Å²) in [5, 5.41) is 40.1. The molecule has 3 aliphatic rings. The molecule has 0 radical (unpaired) electrons. The summed E-state index contributed by atoms with van der Waals surface area (Å²) in [5.41, 5.74) is -2.21. The lowest BCUT2D eigenvalue weighted by Crippen LogP contribution is -2.63. The van der Waals surface area contributed by atoms with Gasteiger partial charge in [0.25, 0.3) is 0 Å². The van der Waals surface area contributed by atoms with Crippen LogP contribution in [-0.4, -0.2) is 17.8 Å². The first-order chi connectivity index (χ1) is 17.5. The molecule has 5 unspecified atom stereocenters. The van der Waals surface area contributed by atoms with E-state index in [2.05, 4.69) is 37.3 Å². The molecule has 2 saturated heterocycles. The second-order valence-electron chi connectivity index (χ2n) is 10.9. The topological polar surface area (TPSA) is 114 Å². The quantitative estimate of drug-likeness (QED) is 0.334. The van der Waals surface area contributed by atoms with E-state index in [1.54, 1.807) is 0 Å². The van der Waals surface area contributed by atoms with Crippen molar-refractivity contribution in [3.8, 4) is 18.2 Å². The van der Waals surface area contributed by atoms with E-state index in [0.29, 0.717) is 19.3 Å². The molecule has 0 aromatic heterocycles. The van der Waals surface area contributed by atoms with Gasteiger partial charge in [-0.05, 0) is 30.7 Å². The van der Waals surface area contributed by atoms with Crippen LogP contribution in [0.25, 0.3) is 0 Å². The van der Waals surface area contributed by atoms with E-state index in [1.165, 1.54) is 44.1 Å². The van der Waals surface area contributed by atoms with Gasteiger partial charge in [-0.25, -0.2) is 0 Å². The summed E-state index contributed by atoms with van der Waals surface area (Å²) in [6, 6.07) is 16.8. The molecule has 1 aliphatic carbocycles. The van der Waals surface area contributed by atoms with E-state index in [-0.39, 0.29) is 11.8 Å². The van der Waals surface area contributed by atoms with Gasteiger partial charge in [0.1, 0.15) is 0 Å². The van der Waals surface area contributed by atoms with E-state index < -0.39 is 28.6 Å². The lowest BCUT2D eigenvalue weighted by molar-refractivity contribution is -0.294. The van der Waals surface area contributed by atoms with E-state index in [1.807, 2.05) is 18.2 Å². The molecular weight excluding hydrogens is 448 g/mol. The highest BCUT2D eigenvalue weighted by Gasteiger charge is 2.80. The minimum atomic E-state index is -1.76. The Morgan fingerprint density at radius 1 is 0.917 bits per heavy atom. The summed E-state index contributed by atoms with van der Waals surface area (Å²) in [5.74, 6) is -1.72. The van der Waals surface area contributed by atoms with Crippen molar-refractivity contribution in [3.05, 3.63) is 35.9 Å². The Morgan fingerprint density at radius 3 is 2.17 bits per heavy atom. The maximum absolute atomic E-state index is 10.5. The number of nitriles is 3. The molecule has 6 heteroatoms. The van der Waals surface area contributed by atoms with Gasteiger partial charge in [-0.1, -0.05) is 95.0 Å². The Hall–Kier alpha value is -2.88. The van der Waals surface area contributed by atoms with Crippen LogP contribution >= 0.6 is 0 Å². The van der Waals surface area contributed by atoms with E-state index in [4.69, 9.17) is 14.9 Å². The summed E-state index contributed by atoms with van der Waals surface area (Å²) in [4.78, 5) is 0. The molecule has 1 N–H and O–H groups in total. The van der Waals surface area contributed by atoms with Crippen molar-refractivity contribution >= 4 is 5.90 Å². The minimum absolute atomic E-state index is 0.166. The first-order valence-corrected chi connectivity index (χ1v) is 13.8. The van der Waals surface area contributed by atoms with Crippen molar-refractivity contribution in [2.24, 2.45) is 16.7 Å². The number of hydrogen-bond donors (Lipinski definition) is 1. The molecule has 2 bridgehead atoms. The number of ether oxygens (including phenoxy) is 2. The van der Waals surface area contributed by atoms with Gasteiger partial charge in [0.05, 0.1) is 30.2 Å². The number of nitrogens with one attached hydrogen (secondary N) is 1. The summed E-state index contributed by atoms with van der Waals surface area (Å²) in [6.45, 7) is 2.22. The van der Waals surface area contributed by atoms with Gasteiger partial charge in [-0.3, -0.25) is 5.41 Å². The van der Waals surface area contributed by atoms with Gasteiger partial charge in [0.15, 0.2) is 10.8 Å². The maximum atomic E-state index is 10.5. The average molecular weight is 487 g/mol. The van der Waals surface area contributed by atoms with Crippen molar-refractivity contribution in [1.29, 1.82) is 21.2 Å². The summed E-state index contributed by atoms with van der Waals surface area (Å²) < 4.78 is 12.6. The van der Waals surface area contributed by atoms with Crippen LogP contribution < -0.4 is 0 Å². The molecule has 2 heterocycles. The van der Waals surface area contributed by atoms with Crippen LogP contribution in [0.1, 0.15) is 102 Å². The van der Waals surface area contributed by atoms with Gasteiger partial charge >= 0.3 is 0 Å².